The molecule has 1 nitrogen and oxygen atoms in total. The third-order valence-electron chi connectivity index (χ3n) is 6.05. The van der Waals surface area contributed by atoms with Crippen molar-refractivity contribution in [3.63, 3.8) is 0 Å². The van der Waals surface area contributed by atoms with Gasteiger partial charge in [-0.15, -0.1) is 0 Å². The summed E-state index contributed by atoms with van der Waals surface area (Å²) in [5.74, 6) is -1.03. The summed E-state index contributed by atoms with van der Waals surface area (Å²) in [6.07, 6.45) is 5.41. The van der Waals surface area contributed by atoms with Gasteiger partial charge in [-0.05, 0) is 85.7 Å². The normalized spacial score (nSPS) is 22.4. The molecule has 0 N–H and O–H groups in total. The predicted octanol–water partition coefficient (Wildman–Crippen LogP) is 7.13. The molecule has 1 saturated carbocycles. The van der Waals surface area contributed by atoms with E-state index in [-0.39, 0.29) is 16.7 Å². The molecule has 1 aromatic heterocycles. The van der Waals surface area contributed by atoms with Crippen molar-refractivity contribution in [2.24, 2.45) is 7.05 Å². The summed E-state index contributed by atoms with van der Waals surface area (Å²) >= 11 is 0. The van der Waals surface area contributed by atoms with Crippen molar-refractivity contribution in [3.05, 3.63) is 76.5 Å². The minimum Gasteiger partial charge on any atom is -0.201 e. The Bertz CT molecular complexity index is 1380. The largest absolute Gasteiger partial charge is 0.212 e. The van der Waals surface area contributed by atoms with Crippen molar-refractivity contribution in [3.8, 4) is 22.4 Å². The Balaban J connectivity index is 2.05. The van der Waals surface area contributed by atoms with Crippen molar-refractivity contribution in [1.29, 1.82) is 0 Å². The Morgan fingerprint density at radius 3 is 2.41 bits per heavy atom. The number of hydrogen-bond donors (Lipinski definition) is 0. The molecule has 1 heteroatoms. The smallest absolute Gasteiger partial charge is 0.201 e. The van der Waals surface area contributed by atoms with Gasteiger partial charge in [0.15, 0.2) is 6.20 Å². The van der Waals surface area contributed by atoms with Crippen LogP contribution in [0.2, 0.25) is 0 Å². The van der Waals surface area contributed by atoms with Crippen LogP contribution in [0.4, 0.5) is 0 Å². The summed E-state index contributed by atoms with van der Waals surface area (Å²) < 4.78 is 84.3. The van der Waals surface area contributed by atoms with E-state index in [4.69, 9.17) is 12.3 Å². The second-order valence-corrected chi connectivity index (χ2v) is 7.97. The molecule has 0 atom stereocenters. The van der Waals surface area contributed by atoms with E-state index in [1.807, 2.05) is 0 Å². The first-order valence-electron chi connectivity index (χ1n) is 15.2. The van der Waals surface area contributed by atoms with Gasteiger partial charge >= 0.3 is 0 Å². The lowest BCUT2D eigenvalue weighted by Crippen LogP contribution is -2.32. The van der Waals surface area contributed by atoms with Crippen LogP contribution in [-0.4, -0.2) is 0 Å². The van der Waals surface area contributed by atoms with Crippen molar-refractivity contribution < 1.29 is 18.3 Å². The second-order valence-electron chi connectivity index (χ2n) is 7.97. The third kappa shape index (κ3) is 3.75. The predicted molar refractivity (Wildman–Crippen MR) is 123 cm³/mol. The molecule has 29 heavy (non-hydrogen) atoms. The summed E-state index contributed by atoms with van der Waals surface area (Å²) in [6.45, 7) is -5.58. The van der Waals surface area contributed by atoms with Crippen LogP contribution in [0.15, 0.2) is 48.7 Å². The summed E-state index contributed by atoms with van der Waals surface area (Å²) in [4.78, 5) is 0. The van der Waals surface area contributed by atoms with E-state index in [2.05, 4.69) is 0 Å². The zero-order chi connectivity index (χ0) is 29.0. The molecule has 0 aliphatic heterocycles. The zero-order valence-electron chi connectivity index (χ0n) is 27.1. The topological polar surface area (TPSA) is 3.88 Å². The van der Waals surface area contributed by atoms with Crippen LogP contribution in [0.3, 0.4) is 0 Å². The van der Waals surface area contributed by atoms with Crippen LogP contribution >= 0.6 is 0 Å². The maximum atomic E-state index is 9.26. The molecule has 1 heterocycles. The van der Waals surface area contributed by atoms with Gasteiger partial charge in [-0.2, -0.15) is 0 Å². The molecular formula is C28H34N+. The average molecular weight is 395 g/mol. The summed E-state index contributed by atoms with van der Waals surface area (Å²) in [7, 11) is 1.74. The summed E-state index contributed by atoms with van der Waals surface area (Å²) in [5, 5.41) is 0. The quantitative estimate of drug-likeness (QED) is 0.416. The molecule has 4 rings (SSSR count). The lowest BCUT2D eigenvalue weighted by atomic mass is 9.82. The monoisotopic (exact) mass is 394 g/mol. The van der Waals surface area contributed by atoms with E-state index in [1.165, 1.54) is 12.1 Å². The maximum Gasteiger partial charge on any atom is 0.212 e. The van der Waals surface area contributed by atoms with E-state index in [0.29, 0.717) is 46.4 Å². The number of aryl methyl sites for hydroxylation is 4. The van der Waals surface area contributed by atoms with Crippen molar-refractivity contribution in [2.45, 2.75) is 65.5 Å². The number of aromatic nitrogens is 1. The first kappa shape index (κ1) is 11.1. The van der Waals surface area contributed by atoms with E-state index >= 15 is 0 Å². The highest BCUT2D eigenvalue weighted by Crippen LogP contribution is 2.38. The fourth-order valence-corrected chi connectivity index (χ4v) is 4.49. The third-order valence-corrected chi connectivity index (χ3v) is 6.05. The van der Waals surface area contributed by atoms with Gasteiger partial charge in [0.2, 0.25) is 5.69 Å². The molecule has 1 aliphatic rings. The standard InChI is InChI=1S/C28H34N/c1-19-11-9-10-14-24(19)28-20(2)15-16-25(22(28)4)27-17-26(21(3)18-29(27)5)23-12-7-6-8-13-23/h9-11,14-18,23H,6-8,12-13H2,1-5H3/q+1/i1D3,2D3,3D3,23D. The Morgan fingerprint density at radius 1 is 0.897 bits per heavy atom. The first-order chi connectivity index (χ1) is 17.9. The van der Waals surface area contributed by atoms with Gasteiger partial charge in [0.05, 0.1) is 0 Å². The number of nitrogens with zero attached hydrogens (tertiary/aromatic N) is 1. The van der Waals surface area contributed by atoms with Gasteiger partial charge in [-0.3, -0.25) is 0 Å². The highest BCUT2D eigenvalue weighted by Gasteiger charge is 2.24. The number of hydrogen-bond acceptors (Lipinski definition) is 0. The van der Waals surface area contributed by atoms with Gasteiger partial charge in [-0.1, -0.05) is 49.6 Å². The van der Waals surface area contributed by atoms with Gasteiger partial charge in [0.25, 0.3) is 0 Å². The molecule has 0 saturated heterocycles. The van der Waals surface area contributed by atoms with E-state index in [1.54, 1.807) is 55.1 Å². The molecule has 0 radical (unpaired) electrons. The van der Waals surface area contributed by atoms with Crippen LogP contribution in [-0.2, 0) is 7.05 Å². The highest BCUT2D eigenvalue weighted by molar-refractivity contribution is 5.80. The van der Waals surface area contributed by atoms with E-state index in [0.717, 1.165) is 19.3 Å². The molecule has 3 aromatic rings. The number of benzene rings is 2. The average Bonchev–Trinajstić information content (AvgIpc) is 2.82. The fraction of sp³-hybridized carbons (Fsp3) is 0.393. The highest BCUT2D eigenvalue weighted by atomic mass is 14.9. The molecule has 0 amide bonds. The Kier molecular flexibility index (Phi) is 3.12. The van der Waals surface area contributed by atoms with Gasteiger partial charge in [0.1, 0.15) is 7.05 Å². The lowest BCUT2D eigenvalue weighted by molar-refractivity contribution is -0.660. The van der Waals surface area contributed by atoms with Crippen LogP contribution in [0.1, 0.15) is 79.5 Å². The Morgan fingerprint density at radius 2 is 1.66 bits per heavy atom. The molecular weight excluding hydrogens is 350 g/mol. The van der Waals surface area contributed by atoms with Crippen LogP contribution in [0.5, 0.6) is 0 Å². The van der Waals surface area contributed by atoms with Gasteiger partial charge < -0.3 is 0 Å². The minimum absolute atomic E-state index is 0.0479. The molecule has 0 spiro atoms. The molecule has 0 unspecified atom stereocenters. The van der Waals surface area contributed by atoms with E-state index in [9.17, 15) is 1.37 Å². The van der Waals surface area contributed by atoms with Crippen LogP contribution in [0, 0.1) is 27.5 Å². The van der Waals surface area contributed by atoms with Crippen LogP contribution < -0.4 is 4.57 Å². The number of rotatable bonds is 3. The van der Waals surface area contributed by atoms with Gasteiger partial charge in [0, 0.05) is 30.9 Å². The number of pyridine rings is 1. The molecule has 0 bridgehead atoms. The van der Waals surface area contributed by atoms with E-state index < -0.39 is 26.4 Å². The zero-order valence-corrected chi connectivity index (χ0v) is 17.1. The fourth-order valence-electron chi connectivity index (χ4n) is 4.49. The SMILES string of the molecule is [2H]C([2H])([2H])c1ccccc1-c1c(C([2H])([2H])[2H])ccc(-c2cc(C3([2H])CCCCC3)c(C([2H])([2H])[2H])c[n+]2C)c1C. The Hall–Kier alpha value is -2.41. The van der Waals surface area contributed by atoms with Gasteiger partial charge in [-0.25, -0.2) is 4.57 Å². The molecule has 1 aliphatic carbocycles. The molecule has 2 aromatic carbocycles. The van der Waals surface area contributed by atoms with Crippen molar-refractivity contribution in [1.82, 2.24) is 0 Å². The first-order valence-corrected chi connectivity index (χ1v) is 10.2. The lowest BCUT2D eigenvalue weighted by Gasteiger charge is -2.23. The Labute approximate surface area is 190 Å². The van der Waals surface area contributed by atoms with Crippen molar-refractivity contribution >= 4 is 0 Å². The van der Waals surface area contributed by atoms with Crippen LogP contribution in [0.25, 0.3) is 22.4 Å². The molecule has 1 fully saturated rings. The van der Waals surface area contributed by atoms with Crippen molar-refractivity contribution in [2.75, 3.05) is 0 Å². The second kappa shape index (κ2) is 8.14. The summed E-state index contributed by atoms with van der Waals surface area (Å²) in [6, 6.07) is 11.4. The summed E-state index contributed by atoms with van der Waals surface area (Å²) in [5.41, 5.74) is 3.25. The molecule has 150 valence electrons. The minimum atomic E-state index is -2.49. The maximum absolute atomic E-state index is 9.26.